The molecule has 0 radical (unpaired) electrons. The van der Waals surface area contributed by atoms with Crippen LogP contribution in [0.25, 0.3) is 10.8 Å². The summed E-state index contributed by atoms with van der Waals surface area (Å²) >= 11 is 0. The molecule has 0 aliphatic heterocycles. The number of phosphoric ester groups is 1. The molecule has 0 fully saturated rings. The first-order valence-corrected chi connectivity index (χ1v) is 11.3. The van der Waals surface area contributed by atoms with Gasteiger partial charge in [0.25, 0.3) is 0 Å². The average Bonchev–Trinajstić information content (AvgIpc) is 2.79. The van der Waals surface area contributed by atoms with E-state index in [0.717, 1.165) is 10.8 Å². The normalized spacial score (nSPS) is 12.3. The fourth-order valence-electron chi connectivity index (χ4n) is 3.10. The molecule has 0 unspecified atom stereocenters. The number of hydrogen-bond acceptors (Lipinski definition) is 5. The maximum Gasteiger partial charge on any atom is 0.588 e. The number of rotatable bonds is 8. The smallest absolute Gasteiger partial charge is 0.395 e. The van der Waals surface area contributed by atoms with Gasteiger partial charge in [-0.1, -0.05) is 72.8 Å². The molecule has 0 bridgehead atoms. The molecule has 4 aromatic rings. The standard InChI is InChI=1S/C25H21O5P/c1-19(25(26)22-17-16-20-10-8-9-11-21(20)18-22)28-31(27,29-23-12-4-2-5-13-23)30-24-14-6-3-7-15-24/h2-19H,1H3/t19-/m1/s1. The molecule has 1 atom stereocenters. The third kappa shape index (κ3) is 5.21. The van der Waals surface area contributed by atoms with E-state index in [1.807, 2.05) is 42.5 Å². The lowest BCUT2D eigenvalue weighted by Crippen LogP contribution is -2.22. The third-order valence-electron chi connectivity index (χ3n) is 4.61. The van der Waals surface area contributed by atoms with E-state index in [1.54, 1.807) is 60.7 Å². The van der Waals surface area contributed by atoms with E-state index in [2.05, 4.69) is 0 Å². The van der Waals surface area contributed by atoms with Gasteiger partial charge >= 0.3 is 7.82 Å². The molecular weight excluding hydrogens is 411 g/mol. The van der Waals surface area contributed by atoms with E-state index >= 15 is 0 Å². The van der Waals surface area contributed by atoms with E-state index in [-0.39, 0.29) is 5.78 Å². The molecule has 156 valence electrons. The maximum absolute atomic E-state index is 13.5. The Morgan fingerprint density at radius 3 is 1.81 bits per heavy atom. The third-order valence-corrected chi connectivity index (χ3v) is 6.05. The van der Waals surface area contributed by atoms with Crippen LogP contribution >= 0.6 is 7.82 Å². The molecule has 0 amide bonds. The molecule has 0 aliphatic carbocycles. The number of benzene rings is 4. The Morgan fingerprint density at radius 2 is 1.23 bits per heavy atom. The predicted octanol–water partition coefficient (Wildman–Crippen LogP) is 6.69. The zero-order valence-electron chi connectivity index (χ0n) is 16.9. The number of ketones is 1. The summed E-state index contributed by atoms with van der Waals surface area (Å²) in [6.07, 6.45) is -1.06. The molecule has 0 aliphatic rings. The van der Waals surface area contributed by atoms with Crippen molar-refractivity contribution in [1.29, 1.82) is 0 Å². The van der Waals surface area contributed by atoms with Crippen LogP contribution in [-0.4, -0.2) is 11.9 Å². The summed E-state index contributed by atoms with van der Waals surface area (Å²) in [4.78, 5) is 13.0. The highest BCUT2D eigenvalue weighted by Gasteiger charge is 2.36. The predicted molar refractivity (Wildman–Crippen MR) is 121 cm³/mol. The molecule has 4 rings (SSSR count). The number of carbonyl (C=O) groups is 1. The van der Waals surface area contributed by atoms with Gasteiger partial charge in [0, 0.05) is 5.56 Å². The molecule has 0 saturated carbocycles. The lowest BCUT2D eigenvalue weighted by molar-refractivity contribution is 0.0761. The van der Waals surface area contributed by atoms with E-state index in [4.69, 9.17) is 13.6 Å². The Labute approximate surface area is 180 Å². The van der Waals surface area contributed by atoms with Gasteiger partial charge in [-0.05, 0) is 48.0 Å². The lowest BCUT2D eigenvalue weighted by Gasteiger charge is -2.22. The van der Waals surface area contributed by atoms with E-state index in [0.29, 0.717) is 17.1 Å². The fourth-order valence-corrected chi connectivity index (χ4v) is 4.47. The number of carbonyl (C=O) groups excluding carboxylic acids is 1. The van der Waals surface area contributed by atoms with Crippen LogP contribution in [0.2, 0.25) is 0 Å². The van der Waals surface area contributed by atoms with Crippen molar-refractivity contribution in [3.05, 3.63) is 109 Å². The Balaban J connectivity index is 1.58. The van der Waals surface area contributed by atoms with Gasteiger partial charge in [-0.15, -0.1) is 0 Å². The molecule has 0 heterocycles. The minimum absolute atomic E-state index is 0.312. The van der Waals surface area contributed by atoms with Crippen molar-refractivity contribution in [1.82, 2.24) is 0 Å². The highest BCUT2D eigenvalue weighted by atomic mass is 31.2. The molecule has 0 N–H and O–H groups in total. The molecule has 4 aromatic carbocycles. The average molecular weight is 432 g/mol. The van der Waals surface area contributed by atoms with E-state index < -0.39 is 13.9 Å². The number of fused-ring (bicyclic) bond motifs is 1. The number of hydrogen-bond donors (Lipinski definition) is 0. The summed E-state index contributed by atoms with van der Waals surface area (Å²) < 4.78 is 30.3. The van der Waals surface area contributed by atoms with Gasteiger partial charge in [-0.2, -0.15) is 0 Å². The van der Waals surface area contributed by atoms with Gasteiger partial charge < -0.3 is 9.05 Å². The topological polar surface area (TPSA) is 61.8 Å². The summed E-state index contributed by atoms with van der Waals surface area (Å²) in [5, 5.41) is 1.96. The Hall–Kier alpha value is -3.40. The van der Waals surface area contributed by atoms with Crippen LogP contribution < -0.4 is 9.05 Å². The second kappa shape index (κ2) is 9.17. The summed E-state index contributed by atoms with van der Waals surface area (Å²) in [7, 11) is -4.16. The van der Waals surface area contributed by atoms with Crippen LogP contribution in [0, 0.1) is 0 Å². The van der Waals surface area contributed by atoms with Crippen LogP contribution in [0.3, 0.4) is 0 Å². The summed E-state index contributed by atoms with van der Waals surface area (Å²) in [6.45, 7) is 1.53. The minimum Gasteiger partial charge on any atom is -0.395 e. The van der Waals surface area contributed by atoms with Crippen LogP contribution in [-0.2, 0) is 9.09 Å². The monoisotopic (exact) mass is 432 g/mol. The van der Waals surface area contributed by atoms with Gasteiger partial charge in [0.15, 0.2) is 5.78 Å². The molecule has 0 aromatic heterocycles. The number of para-hydroxylation sites is 2. The van der Waals surface area contributed by atoms with E-state index in [1.165, 1.54) is 6.92 Å². The van der Waals surface area contributed by atoms with E-state index in [9.17, 15) is 9.36 Å². The van der Waals surface area contributed by atoms with Crippen molar-refractivity contribution in [3.8, 4) is 11.5 Å². The number of Topliss-reactive ketones (excluding diaryl/α,β-unsaturated/α-hetero) is 1. The Morgan fingerprint density at radius 1 is 0.710 bits per heavy atom. The molecule has 0 saturated heterocycles. The summed E-state index contributed by atoms with van der Waals surface area (Å²) in [6, 6.07) is 30.3. The quantitative estimate of drug-likeness (QED) is 0.229. The van der Waals surface area contributed by atoms with Crippen molar-refractivity contribution in [2.24, 2.45) is 0 Å². The van der Waals surface area contributed by atoms with Gasteiger partial charge in [0.2, 0.25) is 0 Å². The highest BCUT2D eigenvalue weighted by Crippen LogP contribution is 2.50. The lowest BCUT2D eigenvalue weighted by atomic mass is 10.0. The number of phosphoric acid groups is 1. The molecule has 0 spiro atoms. The van der Waals surface area contributed by atoms with Crippen molar-refractivity contribution in [2.45, 2.75) is 13.0 Å². The zero-order valence-corrected chi connectivity index (χ0v) is 17.8. The molecular formula is C25H21O5P. The minimum atomic E-state index is -4.16. The summed E-state index contributed by atoms with van der Waals surface area (Å²) in [5.74, 6) is 0.304. The first-order valence-electron chi connectivity index (χ1n) is 9.83. The largest absolute Gasteiger partial charge is 0.588 e. The first-order chi connectivity index (χ1) is 15.0. The van der Waals surface area contributed by atoms with Crippen LogP contribution in [0.4, 0.5) is 0 Å². The van der Waals surface area contributed by atoms with Gasteiger partial charge in [0.05, 0.1) is 0 Å². The molecule has 31 heavy (non-hydrogen) atoms. The van der Waals surface area contributed by atoms with Gasteiger partial charge in [-0.3, -0.25) is 9.32 Å². The molecule has 6 heteroatoms. The van der Waals surface area contributed by atoms with Crippen LogP contribution in [0.1, 0.15) is 17.3 Å². The van der Waals surface area contributed by atoms with Crippen molar-refractivity contribution < 1.29 is 22.9 Å². The second-order valence-electron chi connectivity index (χ2n) is 6.93. The van der Waals surface area contributed by atoms with Gasteiger partial charge in [0.1, 0.15) is 17.6 Å². The zero-order chi connectivity index (χ0) is 21.7. The van der Waals surface area contributed by atoms with Gasteiger partial charge in [-0.25, -0.2) is 4.57 Å². The van der Waals surface area contributed by atoms with Crippen molar-refractivity contribution in [2.75, 3.05) is 0 Å². The van der Waals surface area contributed by atoms with Crippen LogP contribution in [0.15, 0.2) is 103 Å². The first kappa shape index (κ1) is 20.9. The summed E-state index contributed by atoms with van der Waals surface area (Å²) in [5.41, 5.74) is 0.456. The SMILES string of the molecule is C[C@@H](OP(=O)(Oc1ccccc1)Oc1ccccc1)C(=O)c1ccc2ccccc2c1. The Kier molecular flexibility index (Phi) is 6.17. The molecule has 5 nitrogen and oxygen atoms in total. The fraction of sp³-hybridized carbons (Fsp3) is 0.0800. The van der Waals surface area contributed by atoms with Crippen molar-refractivity contribution >= 4 is 24.4 Å². The maximum atomic E-state index is 13.5. The van der Waals surface area contributed by atoms with Crippen molar-refractivity contribution in [3.63, 3.8) is 0 Å². The Bertz CT molecular complexity index is 1180. The second-order valence-corrected chi connectivity index (χ2v) is 8.40. The highest BCUT2D eigenvalue weighted by molar-refractivity contribution is 7.49. The van der Waals surface area contributed by atoms with Crippen LogP contribution in [0.5, 0.6) is 11.5 Å².